The standard InChI is InChI=1S/C36H37FN6O4/c1-18-21-8-10-28(18)43(17-21)36(45)22-11-27-32(31(13-22)47-4)41(2)35(40-27)29-12-20-7-9-26(39-34(20)42(29)16-19-5-6-19)23-15-30(46-3)24(33(38)44)14-25(23)37/h7,9,11-15,18-19,21,28H,5-6,8,10,16-17H2,1-4H3,(H2,38,44)/t18-,21?,28?/m1/s1. The van der Waals surface area contributed by atoms with Crippen molar-refractivity contribution in [3.8, 4) is 34.3 Å². The summed E-state index contributed by atoms with van der Waals surface area (Å²) in [6.45, 7) is 3.80. The van der Waals surface area contributed by atoms with Gasteiger partial charge in [0.05, 0.1) is 36.7 Å². The molecule has 242 valence electrons. The normalized spacial score (nSPS) is 20.4. The van der Waals surface area contributed by atoms with Crippen molar-refractivity contribution < 1.29 is 23.5 Å². The zero-order valence-corrected chi connectivity index (χ0v) is 26.9. The Labute approximate surface area is 271 Å². The van der Waals surface area contributed by atoms with Gasteiger partial charge in [-0.25, -0.2) is 14.4 Å². The molecule has 5 aromatic rings. The first-order valence-corrected chi connectivity index (χ1v) is 16.2. The lowest BCUT2D eigenvalue weighted by molar-refractivity contribution is 0.0695. The molecule has 4 heterocycles. The van der Waals surface area contributed by atoms with Gasteiger partial charge < -0.3 is 29.2 Å². The Bertz CT molecular complexity index is 2110. The number of primary amides is 1. The predicted molar refractivity (Wildman–Crippen MR) is 176 cm³/mol. The minimum Gasteiger partial charge on any atom is -0.496 e. The Morgan fingerprint density at radius 2 is 1.79 bits per heavy atom. The maximum absolute atomic E-state index is 15.3. The molecule has 11 heteroatoms. The molecular formula is C36H37FN6O4. The molecule has 47 heavy (non-hydrogen) atoms. The Balaban J connectivity index is 1.24. The van der Waals surface area contributed by atoms with Gasteiger partial charge in [0.15, 0.2) is 5.82 Å². The average molecular weight is 637 g/mol. The number of fused-ring (bicyclic) bond motifs is 4. The van der Waals surface area contributed by atoms with E-state index in [2.05, 4.69) is 17.6 Å². The zero-order valence-electron chi connectivity index (χ0n) is 26.9. The van der Waals surface area contributed by atoms with E-state index in [0.29, 0.717) is 52.0 Å². The van der Waals surface area contributed by atoms with Crippen LogP contribution in [0.5, 0.6) is 11.5 Å². The van der Waals surface area contributed by atoms with Crippen LogP contribution in [0.15, 0.2) is 42.5 Å². The number of benzene rings is 2. The number of hydrogen-bond donors (Lipinski definition) is 1. The highest BCUT2D eigenvalue weighted by atomic mass is 19.1. The van der Waals surface area contributed by atoms with Crippen LogP contribution in [-0.4, -0.2) is 62.6 Å². The van der Waals surface area contributed by atoms with Crippen molar-refractivity contribution in [1.29, 1.82) is 0 Å². The number of amides is 2. The lowest BCUT2D eigenvalue weighted by Crippen LogP contribution is -2.38. The van der Waals surface area contributed by atoms with E-state index in [9.17, 15) is 9.59 Å². The van der Waals surface area contributed by atoms with E-state index >= 15 is 4.39 Å². The number of methoxy groups -OCH3 is 2. The van der Waals surface area contributed by atoms with E-state index in [1.807, 2.05) is 34.7 Å². The first kappa shape index (κ1) is 29.5. The molecule has 2 amide bonds. The molecule has 2 aliphatic carbocycles. The summed E-state index contributed by atoms with van der Waals surface area (Å²) in [7, 11) is 4.99. The molecule has 0 radical (unpaired) electrons. The second-order valence-electron chi connectivity index (χ2n) is 13.4. The van der Waals surface area contributed by atoms with E-state index in [1.54, 1.807) is 13.2 Å². The van der Waals surface area contributed by atoms with Crippen LogP contribution in [0.2, 0.25) is 0 Å². The number of carbonyl (C=O) groups excluding carboxylic acids is 2. The first-order chi connectivity index (χ1) is 22.7. The molecule has 0 spiro atoms. The van der Waals surface area contributed by atoms with Crippen LogP contribution in [0.1, 0.15) is 53.3 Å². The summed E-state index contributed by atoms with van der Waals surface area (Å²) in [5, 5.41) is 0.888. The number of nitrogens with zero attached hydrogens (tertiary/aromatic N) is 5. The van der Waals surface area contributed by atoms with E-state index in [-0.39, 0.29) is 22.8 Å². The fraction of sp³-hybridized carbons (Fsp3) is 0.389. The van der Waals surface area contributed by atoms with Crippen molar-refractivity contribution in [2.45, 2.75) is 45.2 Å². The van der Waals surface area contributed by atoms with Crippen molar-refractivity contribution >= 4 is 33.9 Å². The van der Waals surface area contributed by atoms with Gasteiger partial charge in [0.2, 0.25) is 0 Å². The van der Waals surface area contributed by atoms with Gasteiger partial charge >= 0.3 is 0 Å². The van der Waals surface area contributed by atoms with Crippen molar-refractivity contribution in [3.63, 3.8) is 0 Å². The zero-order chi connectivity index (χ0) is 32.7. The third-order valence-corrected chi connectivity index (χ3v) is 10.6. The summed E-state index contributed by atoms with van der Waals surface area (Å²) in [5.74, 6) is 1.75. The fourth-order valence-corrected chi connectivity index (χ4v) is 7.85. The Morgan fingerprint density at radius 3 is 2.45 bits per heavy atom. The molecule has 2 unspecified atom stereocenters. The molecule has 3 atom stereocenters. The summed E-state index contributed by atoms with van der Waals surface area (Å²) >= 11 is 0. The van der Waals surface area contributed by atoms with Gasteiger partial charge in [0.1, 0.15) is 28.5 Å². The number of nitrogens with two attached hydrogens (primary N) is 1. The molecule has 2 saturated carbocycles. The smallest absolute Gasteiger partial charge is 0.254 e. The highest BCUT2D eigenvalue weighted by molar-refractivity contribution is 6.01. The molecule has 1 aliphatic heterocycles. The van der Waals surface area contributed by atoms with Crippen molar-refractivity contribution in [2.75, 3.05) is 20.8 Å². The maximum atomic E-state index is 15.3. The van der Waals surface area contributed by atoms with Crippen molar-refractivity contribution in [2.24, 2.45) is 30.5 Å². The maximum Gasteiger partial charge on any atom is 0.254 e. The number of halogens is 1. The summed E-state index contributed by atoms with van der Waals surface area (Å²) in [6, 6.07) is 12.3. The fourth-order valence-electron chi connectivity index (χ4n) is 7.85. The topological polar surface area (TPSA) is 118 Å². The monoisotopic (exact) mass is 636 g/mol. The number of carbonyl (C=O) groups is 2. The Kier molecular flexibility index (Phi) is 6.78. The second kappa shape index (κ2) is 10.8. The number of likely N-dealkylation sites (tertiary alicyclic amines) is 1. The van der Waals surface area contributed by atoms with Gasteiger partial charge in [-0.15, -0.1) is 0 Å². The minimum atomic E-state index is -0.771. The first-order valence-electron chi connectivity index (χ1n) is 16.2. The highest BCUT2D eigenvalue weighted by Gasteiger charge is 2.46. The SMILES string of the molecule is COc1cc(-c2ccc3cc(-c4nc5cc(C(=O)N6CC7CCC6[C@@H]7C)cc(OC)c5n4C)n(CC4CC4)c3n2)c(F)cc1C(N)=O. The average Bonchev–Trinajstić information content (AvgIpc) is 3.47. The molecule has 10 nitrogen and oxygen atoms in total. The number of rotatable bonds is 8. The van der Waals surface area contributed by atoms with Crippen LogP contribution in [0.3, 0.4) is 0 Å². The molecule has 3 aromatic heterocycles. The van der Waals surface area contributed by atoms with Crippen molar-refractivity contribution in [1.82, 2.24) is 24.0 Å². The van der Waals surface area contributed by atoms with Gasteiger partial charge in [-0.05, 0) is 85.9 Å². The number of pyridine rings is 1. The van der Waals surface area contributed by atoms with Crippen LogP contribution >= 0.6 is 0 Å². The van der Waals surface area contributed by atoms with Crippen molar-refractivity contribution in [3.05, 3.63) is 59.4 Å². The molecular weight excluding hydrogens is 599 g/mol. The van der Waals surface area contributed by atoms with Crippen LogP contribution in [0.25, 0.3) is 44.8 Å². The summed E-state index contributed by atoms with van der Waals surface area (Å²) < 4.78 is 30.7. The number of hydrogen-bond acceptors (Lipinski definition) is 6. The van der Waals surface area contributed by atoms with E-state index < -0.39 is 11.7 Å². The molecule has 3 fully saturated rings. The molecule has 3 aliphatic rings. The van der Waals surface area contributed by atoms with E-state index in [1.165, 1.54) is 19.6 Å². The molecule has 8 rings (SSSR count). The van der Waals surface area contributed by atoms with Crippen LogP contribution in [0, 0.1) is 23.6 Å². The van der Waals surface area contributed by atoms with Gasteiger partial charge in [-0.1, -0.05) is 6.92 Å². The minimum absolute atomic E-state index is 0.0291. The lowest BCUT2D eigenvalue weighted by Gasteiger charge is -2.27. The summed E-state index contributed by atoms with van der Waals surface area (Å²) in [4.78, 5) is 37.7. The van der Waals surface area contributed by atoms with Crippen LogP contribution < -0.4 is 15.2 Å². The quantitative estimate of drug-likeness (QED) is 0.230. The predicted octanol–water partition coefficient (Wildman–Crippen LogP) is 5.79. The number of piperidine rings is 1. The molecule has 2 N–H and O–H groups in total. The van der Waals surface area contributed by atoms with Gasteiger partial charge in [-0.3, -0.25) is 9.59 Å². The third-order valence-electron chi connectivity index (χ3n) is 10.6. The third kappa shape index (κ3) is 4.65. The van der Waals surface area contributed by atoms with E-state index in [0.717, 1.165) is 60.8 Å². The summed E-state index contributed by atoms with van der Waals surface area (Å²) in [6.07, 6.45) is 4.50. The van der Waals surface area contributed by atoms with Crippen LogP contribution in [-0.2, 0) is 13.6 Å². The molecule has 2 aromatic carbocycles. The molecule has 2 bridgehead atoms. The number of aryl methyl sites for hydroxylation is 1. The Hall–Kier alpha value is -4.93. The van der Waals surface area contributed by atoms with Gasteiger partial charge in [0, 0.05) is 42.7 Å². The lowest BCUT2D eigenvalue weighted by atomic mass is 10.0. The van der Waals surface area contributed by atoms with Gasteiger partial charge in [0.25, 0.3) is 11.8 Å². The van der Waals surface area contributed by atoms with Crippen LogP contribution in [0.4, 0.5) is 4.39 Å². The van der Waals surface area contributed by atoms with Gasteiger partial charge in [-0.2, -0.15) is 0 Å². The van der Waals surface area contributed by atoms with E-state index in [4.69, 9.17) is 25.2 Å². The number of aromatic nitrogens is 4. The molecule has 1 saturated heterocycles. The largest absolute Gasteiger partial charge is 0.496 e. The number of ether oxygens (including phenoxy) is 2. The number of imidazole rings is 1. The highest BCUT2D eigenvalue weighted by Crippen LogP contribution is 2.44. The summed E-state index contributed by atoms with van der Waals surface area (Å²) in [5.41, 5.74) is 9.68. The second-order valence-corrected chi connectivity index (χ2v) is 13.4. The Morgan fingerprint density at radius 1 is 1.00 bits per heavy atom.